The van der Waals surface area contributed by atoms with Gasteiger partial charge in [-0.1, -0.05) is 5.92 Å². The first-order valence-corrected chi connectivity index (χ1v) is 10.6. The predicted octanol–water partition coefficient (Wildman–Crippen LogP) is 0.451. The van der Waals surface area contributed by atoms with Crippen LogP contribution < -0.4 is 19.5 Å². The van der Waals surface area contributed by atoms with Crippen LogP contribution in [0.25, 0.3) is 0 Å². The van der Waals surface area contributed by atoms with Gasteiger partial charge in [-0.25, -0.2) is 8.42 Å². The molecule has 28 heavy (non-hydrogen) atoms. The van der Waals surface area contributed by atoms with Gasteiger partial charge in [0.25, 0.3) is 0 Å². The van der Waals surface area contributed by atoms with E-state index in [1.807, 2.05) is 0 Å². The summed E-state index contributed by atoms with van der Waals surface area (Å²) in [6, 6.07) is 3.28. The largest absolute Gasteiger partial charge is 0.493 e. The highest BCUT2D eigenvalue weighted by Crippen LogP contribution is 2.38. The van der Waals surface area contributed by atoms with Gasteiger partial charge in [0.2, 0.25) is 11.7 Å². The highest BCUT2D eigenvalue weighted by atomic mass is 32.2. The lowest BCUT2D eigenvalue weighted by atomic mass is 10.1. The summed E-state index contributed by atoms with van der Waals surface area (Å²) in [6.07, 6.45) is 5.87. The number of ether oxygens (including phenoxy) is 3. The second kappa shape index (κ2) is 9.66. The van der Waals surface area contributed by atoms with E-state index >= 15 is 0 Å². The number of amides is 1. The number of sulfone groups is 1. The van der Waals surface area contributed by atoms with Crippen LogP contribution in [0, 0.1) is 12.3 Å². The van der Waals surface area contributed by atoms with Gasteiger partial charge in [0.15, 0.2) is 21.3 Å². The molecule has 0 aliphatic carbocycles. The molecule has 154 valence electrons. The van der Waals surface area contributed by atoms with E-state index in [2.05, 4.69) is 11.2 Å². The third kappa shape index (κ3) is 5.53. The van der Waals surface area contributed by atoms with Crippen molar-refractivity contribution in [2.45, 2.75) is 19.0 Å². The fourth-order valence-electron chi connectivity index (χ4n) is 3.17. The molecule has 1 aromatic rings. The quantitative estimate of drug-likeness (QED) is 0.591. The van der Waals surface area contributed by atoms with Gasteiger partial charge in [-0.05, 0) is 24.1 Å². The van der Waals surface area contributed by atoms with E-state index < -0.39 is 9.84 Å². The fourth-order valence-corrected chi connectivity index (χ4v) is 4.93. The minimum Gasteiger partial charge on any atom is -0.493 e. The third-order valence-corrected chi connectivity index (χ3v) is 6.33. The molecular formula is C19H26N2O6S. The molecule has 1 amide bonds. The number of nitrogens with one attached hydrogen (secondary N) is 1. The first kappa shape index (κ1) is 21.9. The molecule has 1 aromatic carbocycles. The Kier molecular flexibility index (Phi) is 7.54. The maximum Gasteiger partial charge on any atom is 0.234 e. The van der Waals surface area contributed by atoms with Crippen molar-refractivity contribution in [3.63, 3.8) is 0 Å². The minimum absolute atomic E-state index is 0.0365. The maximum atomic E-state index is 12.4. The van der Waals surface area contributed by atoms with Crippen molar-refractivity contribution >= 4 is 15.7 Å². The molecule has 8 nitrogen and oxygen atoms in total. The van der Waals surface area contributed by atoms with Crippen LogP contribution in [0.15, 0.2) is 12.1 Å². The number of hydrogen-bond donors (Lipinski definition) is 1. The van der Waals surface area contributed by atoms with E-state index in [1.54, 1.807) is 17.0 Å². The zero-order chi connectivity index (χ0) is 20.7. The summed E-state index contributed by atoms with van der Waals surface area (Å²) in [6.45, 7) is 0.509. The molecule has 0 saturated carbocycles. The fraction of sp³-hybridized carbons (Fsp3) is 0.526. The molecular weight excluding hydrogens is 384 g/mol. The summed E-state index contributed by atoms with van der Waals surface area (Å²) in [5.74, 6) is 3.89. The molecule has 1 atom stereocenters. The Morgan fingerprint density at radius 2 is 1.89 bits per heavy atom. The van der Waals surface area contributed by atoms with Crippen LogP contribution in [-0.4, -0.2) is 71.2 Å². The lowest BCUT2D eigenvalue weighted by molar-refractivity contribution is -0.122. The summed E-state index contributed by atoms with van der Waals surface area (Å²) in [5.41, 5.74) is 0.773. The average molecular weight is 410 g/mol. The lowest BCUT2D eigenvalue weighted by Gasteiger charge is -2.25. The van der Waals surface area contributed by atoms with Gasteiger partial charge >= 0.3 is 0 Å². The number of carbonyl (C=O) groups excluding carboxylic acids is 1. The molecule has 0 spiro atoms. The van der Waals surface area contributed by atoms with Gasteiger partial charge in [-0.3, -0.25) is 9.69 Å². The lowest BCUT2D eigenvalue weighted by Crippen LogP contribution is -2.43. The van der Waals surface area contributed by atoms with Crippen LogP contribution in [0.3, 0.4) is 0 Å². The molecule has 9 heteroatoms. The first-order chi connectivity index (χ1) is 13.3. The van der Waals surface area contributed by atoms with Crippen LogP contribution in [0.4, 0.5) is 0 Å². The van der Waals surface area contributed by atoms with Crippen LogP contribution in [0.2, 0.25) is 0 Å². The molecule has 1 N–H and O–H groups in total. The molecule has 0 aromatic heterocycles. The molecule has 1 unspecified atom stereocenters. The van der Waals surface area contributed by atoms with Gasteiger partial charge < -0.3 is 19.5 Å². The smallest absolute Gasteiger partial charge is 0.234 e. The summed E-state index contributed by atoms with van der Waals surface area (Å²) >= 11 is 0. The van der Waals surface area contributed by atoms with Crippen LogP contribution >= 0.6 is 0 Å². The molecule has 1 aliphatic heterocycles. The van der Waals surface area contributed by atoms with E-state index in [0.29, 0.717) is 23.7 Å². The monoisotopic (exact) mass is 410 g/mol. The predicted molar refractivity (Wildman–Crippen MR) is 105 cm³/mol. The van der Waals surface area contributed by atoms with E-state index in [1.165, 1.54) is 21.3 Å². The Hall–Kier alpha value is -2.44. The Bertz CT molecular complexity index is 821. The van der Waals surface area contributed by atoms with Gasteiger partial charge in [-0.15, -0.1) is 6.42 Å². The number of hydrogen-bond acceptors (Lipinski definition) is 7. The molecule has 2 rings (SSSR count). The Morgan fingerprint density at radius 1 is 1.25 bits per heavy atom. The van der Waals surface area contributed by atoms with Gasteiger partial charge in [0.05, 0.1) is 45.9 Å². The Morgan fingerprint density at radius 3 is 2.36 bits per heavy atom. The minimum atomic E-state index is -3.05. The Labute approximate surface area is 166 Å². The van der Waals surface area contributed by atoms with Crippen molar-refractivity contribution in [2.75, 3.05) is 45.9 Å². The number of benzene rings is 1. The normalized spacial score (nSPS) is 17.8. The molecule has 1 heterocycles. The number of rotatable bonds is 9. The second-order valence-electron chi connectivity index (χ2n) is 6.48. The van der Waals surface area contributed by atoms with Crippen molar-refractivity contribution in [3.8, 4) is 29.6 Å². The summed E-state index contributed by atoms with van der Waals surface area (Å²) in [7, 11) is 1.51. The van der Waals surface area contributed by atoms with Crippen molar-refractivity contribution < 1.29 is 27.4 Å². The third-order valence-electron chi connectivity index (χ3n) is 4.58. The van der Waals surface area contributed by atoms with E-state index in [0.717, 1.165) is 5.56 Å². The van der Waals surface area contributed by atoms with Crippen molar-refractivity contribution in [2.24, 2.45) is 0 Å². The SMILES string of the molecule is C#CCN(CC(=O)NCc1cc(OC)c(OC)c(OC)c1)C1CCS(=O)(=O)C1. The number of carbonyl (C=O) groups is 1. The van der Waals surface area contributed by atoms with Crippen molar-refractivity contribution in [3.05, 3.63) is 17.7 Å². The van der Waals surface area contributed by atoms with Crippen LogP contribution in [-0.2, 0) is 21.2 Å². The molecule has 1 saturated heterocycles. The van der Waals surface area contributed by atoms with Crippen LogP contribution in [0.1, 0.15) is 12.0 Å². The standard InChI is InChI=1S/C19H26N2O6S/c1-5-7-21(15-6-8-28(23,24)13-15)12-18(22)20-11-14-9-16(25-2)19(27-4)17(10-14)26-3/h1,9-10,15H,6-8,11-13H2,2-4H3,(H,20,22). The van der Waals surface area contributed by atoms with E-state index in [-0.39, 0.29) is 43.1 Å². The van der Waals surface area contributed by atoms with Gasteiger partial charge in [-0.2, -0.15) is 0 Å². The zero-order valence-corrected chi connectivity index (χ0v) is 17.2. The number of terminal acetylenes is 1. The van der Waals surface area contributed by atoms with Gasteiger partial charge in [0, 0.05) is 12.6 Å². The van der Waals surface area contributed by atoms with Crippen molar-refractivity contribution in [1.29, 1.82) is 0 Å². The average Bonchev–Trinajstić information content (AvgIpc) is 3.04. The summed E-state index contributed by atoms with van der Waals surface area (Å²) in [5, 5.41) is 2.82. The first-order valence-electron chi connectivity index (χ1n) is 8.77. The van der Waals surface area contributed by atoms with E-state index in [9.17, 15) is 13.2 Å². The Balaban J connectivity index is 2.02. The highest BCUT2D eigenvalue weighted by molar-refractivity contribution is 7.91. The summed E-state index contributed by atoms with van der Waals surface area (Å²) in [4.78, 5) is 14.1. The molecule has 1 aliphatic rings. The number of methoxy groups -OCH3 is 3. The van der Waals surface area contributed by atoms with Crippen molar-refractivity contribution in [1.82, 2.24) is 10.2 Å². The second-order valence-corrected chi connectivity index (χ2v) is 8.71. The van der Waals surface area contributed by atoms with E-state index in [4.69, 9.17) is 20.6 Å². The highest BCUT2D eigenvalue weighted by Gasteiger charge is 2.32. The van der Waals surface area contributed by atoms with Crippen LogP contribution in [0.5, 0.6) is 17.2 Å². The topological polar surface area (TPSA) is 94.2 Å². The van der Waals surface area contributed by atoms with Gasteiger partial charge in [0.1, 0.15) is 0 Å². The number of nitrogens with zero attached hydrogens (tertiary/aromatic N) is 1. The maximum absolute atomic E-state index is 12.4. The summed E-state index contributed by atoms with van der Waals surface area (Å²) < 4.78 is 39.3. The molecule has 0 bridgehead atoms. The molecule has 0 radical (unpaired) electrons. The molecule has 1 fully saturated rings. The zero-order valence-electron chi connectivity index (χ0n) is 16.4.